The molecule has 0 bridgehead atoms. The lowest BCUT2D eigenvalue weighted by Gasteiger charge is -2.29. The average molecular weight is 353 g/mol. The molecule has 1 aliphatic rings. The number of anilines is 2. The minimum atomic E-state index is -0.743. The molecule has 2 aromatic carbocycles. The van der Waals surface area contributed by atoms with E-state index in [1.807, 2.05) is 60.7 Å². The van der Waals surface area contributed by atoms with Crippen molar-refractivity contribution in [3.63, 3.8) is 0 Å². The van der Waals surface area contributed by atoms with Gasteiger partial charge in [-0.2, -0.15) is 0 Å². The van der Waals surface area contributed by atoms with E-state index in [2.05, 4.69) is 10.7 Å². The van der Waals surface area contributed by atoms with Gasteiger partial charge in [-0.15, -0.1) is 0 Å². The molecule has 2 amide bonds. The first-order valence-corrected chi connectivity index (χ1v) is 8.83. The van der Waals surface area contributed by atoms with E-state index in [1.165, 1.54) is 0 Å². The number of nitrogens with zero attached hydrogens (tertiary/aromatic N) is 1. The summed E-state index contributed by atoms with van der Waals surface area (Å²) in [7, 11) is 0. The van der Waals surface area contributed by atoms with Crippen molar-refractivity contribution in [2.45, 2.75) is 31.7 Å². The molecule has 0 aliphatic heterocycles. The van der Waals surface area contributed by atoms with Crippen LogP contribution in [0, 0.1) is 5.92 Å². The van der Waals surface area contributed by atoms with E-state index in [0.29, 0.717) is 25.7 Å². The summed E-state index contributed by atoms with van der Waals surface area (Å²) in [4.78, 5) is 23.5. The zero-order valence-corrected chi connectivity index (χ0v) is 14.5. The number of amides is 2. The van der Waals surface area contributed by atoms with E-state index in [4.69, 9.17) is 5.11 Å². The highest BCUT2D eigenvalue weighted by Gasteiger charge is 2.27. The van der Waals surface area contributed by atoms with Crippen molar-refractivity contribution in [2.75, 3.05) is 5.01 Å². The van der Waals surface area contributed by atoms with Crippen molar-refractivity contribution in [1.82, 2.24) is 10.7 Å². The summed E-state index contributed by atoms with van der Waals surface area (Å²) >= 11 is 0. The van der Waals surface area contributed by atoms with Gasteiger partial charge in [-0.3, -0.25) is 9.80 Å². The third-order valence-electron chi connectivity index (χ3n) is 4.65. The lowest BCUT2D eigenvalue weighted by molar-refractivity contribution is -0.142. The summed E-state index contributed by atoms with van der Waals surface area (Å²) in [5.41, 5.74) is 4.60. The molecule has 0 aromatic heterocycles. The first-order valence-electron chi connectivity index (χ1n) is 8.83. The van der Waals surface area contributed by atoms with Crippen molar-refractivity contribution in [2.24, 2.45) is 5.92 Å². The van der Waals surface area contributed by atoms with Gasteiger partial charge in [0.2, 0.25) is 0 Å². The van der Waals surface area contributed by atoms with Crippen LogP contribution in [0.15, 0.2) is 60.7 Å². The van der Waals surface area contributed by atoms with Gasteiger partial charge in [0.15, 0.2) is 0 Å². The molecule has 0 unspecified atom stereocenters. The number of carbonyl (C=O) groups is 2. The molecule has 6 nitrogen and oxygen atoms in total. The molecule has 1 aliphatic carbocycles. The SMILES string of the molecule is O=C(NN(c1ccccc1)c1ccccc1)N[C@H]1CC[C@@H](C(=O)O)CC1. The van der Waals surface area contributed by atoms with Crippen LogP contribution in [-0.4, -0.2) is 23.1 Å². The number of urea groups is 1. The van der Waals surface area contributed by atoms with Crippen LogP contribution in [0.25, 0.3) is 0 Å². The number of para-hydroxylation sites is 2. The number of nitrogens with one attached hydrogen (secondary N) is 2. The molecule has 136 valence electrons. The van der Waals surface area contributed by atoms with Crippen LogP contribution in [0.5, 0.6) is 0 Å². The topological polar surface area (TPSA) is 81.7 Å². The van der Waals surface area contributed by atoms with Crippen LogP contribution in [0.4, 0.5) is 16.2 Å². The molecule has 1 fully saturated rings. The lowest BCUT2D eigenvalue weighted by atomic mass is 9.86. The Morgan fingerprint density at radius 1 is 0.846 bits per heavy atom. The number of hydrazine groups is 1. The fourth-order valence-corrected chi connectivity index (χ4v) is 3.24. The van der Waals surface area contributed by atoms with E-state index in [0.717, 1.165) is 11.4 Å². The second kappa shape index (κ2) is 8.38. The maximum absolute atomic E-state index is 12.5. The molecule has 0 saturated heterocycles. The largest absolute Gasteiger partial charge is 0.481 e. The highest BCUT2D eigenvalue weighted by molar-refractivity contribution is 5.79. The van der Waals surface area contributed by atoms with E-state index in [-0.39, 0.29) is 18.0 Å². The molecular formula is C20H23N3O3. The van der Waals surface area contributed by atoms with Gasteiger partial charge in [-0.05, 0) is 49.9 Å². The molecule has 26 heavy (non-hydrogen) atoms. The Morgan fingerprint density at radius 2 is 1.35 bits per heavy atom. The molecule has 0 atom stereocenters. The number of aliphatic carboxylic acids is 1. The smallest absolute Gasteiger partial charge is 0.334 e. The van der Waals surface area contributed by atoms with E-state index < -0.39 is 5.97 Å². The van der Waals surface area contributed by atoms with Gasteiger partial charge in [0.05, 0.1) is 17.3 Å². The second-order valence-corrected chi connectivity index (χ2v) is 6.48. The highest BCUT2D eigenvalue weighted by Crippen LogP contribution is 2.25. The van der Waals surface area contributed by atoms with E-state index in [9.17, 15) is 9.59 Å². The summed E-state index contributed by atoms with van der Waals surface area (Å²) in [6.45, 7) is 0. The van der Waals surface area contributed by atoms with Crippen molar-refractivity contribution < 1.29 is 14.7 Å². The van der Waals surface area contributed by atoms with E-state index in [1.54, 1.807) is 5.01 Å². The Morgan fingerprint density at radius 3 is 1.81 bits per heavy atom. The predicted molar refractivity (Wildman–Crippen MR) is 100 cm³/mol. The first-order chi connectivity index (χ1) is 12.6. The first kappa shape index (κ1) is 17.8. The Bertz CT molecular complexity index is 689. The number of carboxylic acid groups (broad SMARTS) is 1. The zero-order valence-electron chi connectivity index (χ0n) is 14.5. The Kier molecular flexibility index (Phi) is 5.73. The monoisotopic (exact) mass is 353 g/mol. The van der Waals surface area contributed by atoms with Gasteiger partial charge in [-0.1, -0.05) is 36.4 Å². The molecule has 3 N–H and O–H groups in total. The minimum Gasteiger partial charge on any atom is -0.481 e. The molecule has 0 heterocycles. The quantitative estimate of drug-likeness (QED) is 0.716. The molecule has 2 aromatic rings. The fraction of sp³-hybridized carbons (Fsp3) is 0.300. The van der Waals surface area contributed by atoms with Crippen molar-refractivity contribution in [3.8, 4) is 0 Å². The third kappa shape index (κ3) is 4.53. The average Bonchev–Trinajstić information content (AvgIpc) is 2.68. The van der Waals surface area contributed by atoms with Crippen LogP contribution in [0.1, 0.15) is 25.7 Å². The number of carboxylic acids is 1. The van der Waals surface area contributed by atoms with Crippen molar-refractivity contribution in [3.05, 3.63) is 60.7 Å². The Hall–Kier alpha value is -3.02. The Labute approximate surface area is 152 Å². The number of carbonyl (C=O) groups excluding carboxylic acids is 1. The van der Waals surface area contributed by atoms with Crippen LogP contribution < -0.4 is 15.8 Å². The summed E-state index contributed by atoms with van der Waals surface area (Å²) < 4.78 is 0. The number of rotatable bonds is 5. The third-order valence-corrected chi connectivity index (χ3v) is 4.65. The van der Waals surface area contributed by atoms with Gasteiger partial charge in [0, 0.05) is 6.04 Å². The summed E-state index contributed by atoms with van der Waals surface area (Å²) in [6.07, 6.45) is 2.56. The number of hydrogen-bond donors (Lipinski definition) is 3. The highest BCUT2D eigenvalue weighted by atomic mass is 16.4. The minimum absolute atomic E-state index is 0.000929. The fourth-order valence-electron chi connectivity index (χ4n) is 3.24. The molecule has 0 radical (unpaired) electrons. The van der Waals surface area contributed by atoms with Crippen LogP contribution in [-0.2, 0) is 4.79 Å². The summed E-state index contributed by atoms with van der Waals surface area (Å²) in [5.74, 6) is -1.03. The summed E-state index contributed by atoms with van der Waals surface area (Å²) in [5, 5.41) is 13.8. The van der Waals surface area contributed by atoms with Crippen molar-refractivity contribution >= 4 is 23.4 Å². The molecule has 1 saturated carbocycles. The van der Waals surface area contributed by atoms with Gasteiger partial charge in [0.1, 0.15) is 0 Å². The summed E-state index contributed by atoms with van der Waals surface area (Å²) in [6, 6.07) is 18.9. The van der Waals surface area contributed by atoms with Crippen LogP contribution in [0.2, 0.25) is 0 Å². The molecule has 0 spiro atoms. The zero-order chi connectivity index (χ0) is 18.4. The normalized spacial score (nSPS) is 19.4. The maximum Gasteiger partial charge on any atom is 0.334 e. The van der Waals surface area contributed by atoms with Gasteiger partial charge < -0.3 is 10.4 Å². The van der Waals surface area contributed by atoms with E-state index >= 15 is 0 Å². The maximum atomic E-state index is 12.5. The second-order valence-electron chi connectivity index (χ2n) is 6.48. The van der Waals surface area contributed by atoms with Crippen molar-refractivity contribution in [1.29, 1.82) is 0 Å². The standard InChI is InChI=1S/C20H23N3O3/c24-19(25)15-11-13-16(14-12-15)21-20(26)22-23(17-7-3-1-4-8-17)18-9-5-2-6-10-18/h1-10,15-16H,11-14H2,(H,24,25)(H2,21,22,26)/t15-,16+. The van der Waals surface area contributed by atoms with Gasteiger partial charge >= 0.3 is 12.0 Å². The number of benzene rings is 2. The molecule has 6 heteroatoms. The van der Waals surface area contributed by atoms with Gasteiger partial charge in [-0.25, -0.2) is 10.2 Å². The van der Waals surface area contributed by atoms with Crippen LogP contribution in [0.3, 0.4) is 0 Å². The van der Waals surface area contributed by atoms with Gasteiger partial charge in [0.25, 0.3) is 0 Å². The number of hydrogen-bond acceptors (Lipinski definition) is 3. The predicted octanol–water partition coefficient (Wildman–Crippen LogP) is 3.68. The van der Waals surface area contributed by atoms with Crippen LogP contribution >= 0.6 is 0 Å². The Balaban J connectivity index is 1.64. The molecule has 3 rings (SSSR count). The lowest BCUT2D eigenvalue weighted by Crippen LogP contribution is -2.49. The molecular weight excluding hydrogens is 330 g/mol.